The fourth-order valence-electron chi connectivity index (χ4n) is 1.32. The summed E-state index contributed by atoms with van der Waals surface area (Å²) in [5.41, 5.74) is 0. The van der Waals surface area contributed by atoms with Gasteiger partial charge in [-0.2, -0.15) is 0 Å². The minimum Gasteiger partial charge on any atom is -0.447 e. The largest absolute Gasteiger partial charge is 0.447 e. The van der Waals surface area contributed by atoms with E-state index in [2.05, 4.69) is 44.6 Å². The summed E-state index contributed by atoms with van der Waals surface area (Å²) in [6.45, 7) is 15.8. The predicted octanol–water partition coefficient (Wildman–Crippen LogP) is 2.03. The SMILES string of the molecule is CCN(CC)[SiH](C)O[Si](C)(C)C. The third-order valence-electron chi connectivity index (χ3n) is 1.85. The van der Waals surface area contributed by atoms with Crippen molar-refractivity contribution >= 4 is 17.5 Å². The monoisotopic (exact) mass is 205 g/mol. The van der Waals surface area contributed by atoms with Crippen molar-refractivity contribution in [2.24, 2.45) is 0 Å². The molecule has 0 bridgehead atoms. The standard InChI is InChI=1S/C8H23NOSi2/c1-7-9(8-2)11(3)10-12(4,5)6/h11H,7-8H2,1-6H3. The summed E-state index contributed by atoms with van der Waals surface area (Å²) < 4.78 is 8.56. The highest BCUT2D eigenvalue weighted by Gasteiger charge is 2.22. The highest BCUT2D eigenvalue weighted by atomic mass is 28.4. The van der Waals surface area contributed by atoms with Crippen LogP contribution in [0.25, 0.3) is 0 Å². The average molecular weight is 205 g/mol. The van der Waals surface area contributed by atoms with Crippen LogP contribution >= 0.6 is 0 Å². The molecule has 0 spiro atoms. The molecule has 0 rings (SSSR count). The normalized spacial score (nSPS) is 15.2. The number of hydrogen-bond acceptors (Lipinski definition) is 2. The molecule has 0 aliphatic carbocycles. The Morgan fingerprint density at radius 1 is 1.17 bits per heavy atom. The van der Waals surface area contributed by atoms with Crippen molar-refractivity contribution in [1.82, 2.24) is 4.57 Å². The number of nitrogens with zero attached hydrogens (tertiary/aromatic N) is 1. The van der Waals surface area contributed by atoms with Gasteiger partial charge in [-0.1, -0.05) is 13.8 Å². The van der Waals surface area contributed by atoms with Crippen LogP contribution in [0.2, 0.25) is 26.2 Å². The summed E-state index contributed by atoms with van der Waals surface area (Å²) in [4.78, 5) is 0. The van der Waals surface area contributed by atoms with Crippen molar-refractivity contribution in [1.29, 1.82) is 0 Å². The molecule has 0 aromatic heterocycles. The molecule has 0 fully saturated rings. The van der Waals surface area contributed by atoms with Crippen LogP contribution in [-0.4, -0.2) is 35.2 Å². The lowest BCUT2D eigenvalue weighted by molar-refractivity contribution is 0.399. The number of rotatable bonds is 5. The molecule has 0 saturated heterocycles. The van der Waals surface area contributed by atoms with E-state index in [4.69, 9.17) is 4.12 Å². The van der Waals surface area contributed by atoms with Crippen molar-refractivity contribution in [3.05, 3.63) is 0 Å². The Kier molecular flexibility index (Phi) is 5.32. The topological polar surface area (TPSA) is 12.5 Å². The Hall–Kier alpha value is 0.354. The molecule has 0 aliphatic rings. The highest BCUT2D eigenvalue weighted by Crippen LogP contribution is 2.07. The van der Waals surface area contributed by atoms with E-state index >= 15 is 0 Å². The van der Waals surface area contributed by atoms with Crippen LogP contribution in [0.3, 0.4) is 0 Å². The van der Waals surface area contributed by atoms with Crippen LogP contribution in [-0.2, 0) is 4.12 Å². The van der Waals surface area contributed by atoms with Crippen LogP contribution in [0, 0.1) is 0 Å². The Morgan fingerprint density at radius 2 is 1.58 bits per heavy atom. The molecule has 0 radical (unpaired) electrons. The highest BCUT2D eigenvalue weighted by molar-refractivity contribution is 6.76. The zero-order chi connectivity index (χ0) is 9.78. The molecule has 0 saturated carbocycles. The van der Waals surface area contributed by atoms with Crippen LogP contribution in [0.1, 0.15) is 13.8 Å². The molecule has 0 aromatic rings. The first-order chi connectivity index (χ1) is 5.40. The van der Waals surface area contributed by atoms with Crippen molar-refractivity contribution in [3.8, 4) is 0 Å². The van der Waals surface area contributed by atoms with Gasteiger partial charge in [0.05, 0.1) is 0 Å². The van der Waals surface area contributed by atoms with Crippen molar-refractivity contribution < 1.29 is 4.12 Å². The summed E-state index contributed by atoms with van der Waals surface area (Å²) >= 11 is 0. The zero-order valence-corrected chi connectivity index (χ0v) is 11.5. The second-order valence-electron chi connectivity index (χ2n) is 4.05. The van der Waals surface area contributed by atoms with E-state index in [1.807, 2.05) is 0 Å². The van der Waals surface area contributed by atoms with Gasteiger partial charge in [-0.3, -0.25) is 0 Å². The molecule has 0 heterocycles. The van der Waals surface area contributed by atoms with Gasteiger partial charge in [0.2, 0.25) is 9.20 Å². The molecular formula is C8H23NOSi2. The fourth-order valence-corrected chi connectivity index (χ4v) is 7.04. The lowest BCUT2D eigenvalue weighted by Gasteiger charge is -2.30. The molecule has 1 atom stereocenters. The predicted molar refractivity (Wildman–Crippen MR) is 60.4 cm³/mol. The minimum absolute atomic E-state index is 1.05. The van der Waals surface area contributed by atoms with Gasteiger partial charge in [0.1, 0.15) is 0 Å². The summed E-state index contributed by atoms with van der Waals surface area (Å²) in [6, 6.07) is 0. The lowest BCUT2D eigenvalue weighted by Crippen LogP contribution is -2.45. The fraction of sp³-hybridized carbons (Fsp3) is 1.00. The van der Waals surface area contributed by atoms with Crippen molar-refractivity contribution in [2.45, 2.75) is 40.0 Å². The Balaban J connectivity index is 3.92. The molecule has 4 heteroatoms. The zero-order valence-electron chi connectivity index (χ0n) is 9.35. The van der Waals surface area contributed by atoms with E-state index in [1.54, 1.807) is 0 Å². The quantitative estimate of drug-likeness (QED) is 0.637. The smallest absolute Gasteiger partial charge is 0.241 e. The molecular weight excluding hydrogens is 182 g/mol. The maximum atomic E-state index is 6.09. The second kappa shape index (κ2) is 5.16. The van der Waals surface area contributed by atoms with Gasteiger partial charge in [0.15, 0.2) is 8.32 Å². The maximum absolute atomic E-state index is 6.09. The van der Waals surface area contributed by atoms with Gasteiger partial charge in [0.25, 0.3) is 0 Å². The minimum atomic E-state index is -1.30. The Morgan fingerprint density at radius 3 is 1.83 bits per heavy atom. The third kappa shape index (κ3) is 5.08. The van der Waals surface area contributed by atoms with E-state index in [0.717, 1.165) is 13.1 Å². The molecule has 0 N–H and O–H groups in total. The second-order valence-corrected chi connectivity index (χ2v) is 11.1. The van der Waals surface area contributed by atoms with Crippen LogP contribution in [0.4, 0.5) is 0 Å². The van der Waals surface area contributed by atoms with Crippen LogP contribution in [0.5, 0.6) is 0 Å². The third-order valence-corrected chi connectivity index (χ3v) is 7.80. The van der Waals surface area contributed by atoms with E-state index in [0.29, 0.717) is 0 Å². The van der Waals surface area contributed by atoms with E-state index in [9.17, 15) is 0 Å². The first-order valence-electron chi connectivity index (χ1n) is 4.82. The number of hydrogen-bond donors (Lipinski definition) is 0. The molecule has 12 heavy (non-hydrogen) atoms. The molecule has 0 amide bonds. The first kappa shape index (κ1) is 12.4. The summed E-state index contributed by atoms with van der Waals surface area (Å²) in [6.07, 6.45) is 0. The summed E-state index contributed by atoms with van der Waals surface area (Å²) in [5, 5.41) is 0. The molecule has 74 valence electrons. The van der Waals surface area contributed by atoms with Gasteiger partial charge in [-0.15, -0.1) is 0 Å². The molecule has 1 unspecified atom stereocenters. The van der Waals surface area contributed by atoms with Crippen molar-refractivity contribution in [2.75, 3.05) is 13.1 Å². The van der Waals surface area contributed by atoms with E-state index in [-0.39, 0.29) is 0 Å². The Labute approximate surface area is 79.9 Å². The van der Waals surface area contributed by atoms with Gasteiger partial charge >= 0.3 is 0 Å². The van der Waals surface area contributed by atoms with Gasteiger partial charge < -0.3 is 8.68 Å². The van der Waals surface area contributed by atoms with Gasteiger partial charge in [-0.25, -0.2) is 0 Å². The van der Waals surface area contributed by atoms with Gasteiger partial charge in [-0.05, 0) is 39.3 Å². The van der Waals surface area contributed by atoms with E-state index in [1.165, 1.54) is 0 Å². The summed E-state index contributed by atoms with van der Waals surface area (Å²) in [5.74, 6) is 0. The van der Waals surface area contributed by atoms with Gasteiger partial charge in [0, 0.05) is 0 Å². The summed E-state index contributed by atoms with van der Waals surface area (Å²) in [7, 11) is -2.34. The maximum Gasteiger partial charge on any atom is 0.241 e. The first-order valence-corrected chi connectivity index (χ1v) is 10.4. The van der Waals surface area contributed by atoms with Crippen LogP contribution < -0.4 is 0 Å². The van der Waals surface area contributed by atoms with E-state index < -0.39 is 17.5 Å². The molecule has 2 nitrogen and oxygen atoms in total. The van der Waals surface area contributed by atoms with Crippen LogP contribution in [0.15, 0.2) is 0 Å². The van der Waals surface area contributed by atoms with Crippen molar-refractivity contribution in [3.63, 3.8) is 0 Å². The molecule has 0 aliphatic heterocycles. The lowest BCUT2D eigenvalue weighted by atomic mass is 10.7. The molecule has 0 aromatic carbocycles. The Bertz CT molecular complexity index is 121. The average Bonchev–Trinajstić information content (AvgIpc) is 1.85.